The van der Waals surface area contributed by atoms with Crippen LogP contribution in [-0.2, 0) is 21.3 Å². The first kappa shape index (κ1) is 14.3. The van der Waals surface area contributed by atoms with Gasteiger partial charge in [-0.05, 0) is 12.1 Å². The Morgan fingerprint density at radius 2 is 1.67 bits per heavy atom. The Labute approximate surface area is 122 Å². The average Bonchev–Trinajstić information content (AvgIpc) is 2.70. The minimum absolute atomic E-state index is 0.0961. The number of benzene rings is 1. The molecule has 1 aliphatic heterocycles. The molecule has 0 aliphatic carbocycles. The molecule has 0 saturated carbocycles. The van der Waals surface area contributed by atoms with E-state index in [0.29, 0.717) is 0 Å². The van der Waals surface area contributed by atoms with Gasteiger partial charge in [0.15, 0.2) is 33.1 Å². The Hall–Kier alpha value is -1.67. The summed E-state index contributed by atoms with van der Waals surface area (Å²) in [7, 11) is -3.35. The second-order valence-corrected chi connectivity index (χ2v) is 6.97. The largest absolute Gasteiger partial charge is 0.232 e. The van der Waals surface area contributed by atoms with E-state index in [9.17, 15) is 21.6 Å². The maximum Gasteiger partial charge on any atom is 0.194 e. The van der Waals surface area contributed by atoms with Gasteiger partial charge >= 0.3 is 0 Å². The monoisotopic (exact) mass is 334 g/mol. The van der Waals surface area contributed by atoms with E-state index in [-0.39, 0.29) is 39.3 Å². The Kier molecular flexibility index (Phi) is 3.18. The van der Waals surface area contributed by atoms with E-state index in [1.54, 1.807) is 0 Å². The second-order valence-electron chi connectivity index (χ2n) is 4.55. The summed E-state index contributed by atoms with van der Waals surface area (Å²) in [5.41, 5.74) is 0.346. The molecule has 0 radical (unpaired) electrons. The normalized spacial score (nSPS) is 16.0. The van der Waals surface area contributed by atoms with Crippen LogP contribution in [0.5, 0.6) is 0 Å². The van der Waals surface area contributed by atoms with Gasteiger partial charge in [0.25, 0.3) is 0 Å². The molecule has 3 rings (SSSR count). The van der Waals surface area contributed by atoms with Crippen molar-refractivity contribution in [3.8, 4) is 11.4 Å². The van der Waals surface area contributed by atoms with Crippen LogP contribution in [0.1, 0.15) is 11.3 Å². The maximum absolute atomic E-state index is 13.2. The zero-order valence-electron chi connectivity index (χ0n) is 10.2. The van der Waals surface area contributed by atoms with E-state index in [1.807, 2.05) is 0 Å². The molecular formula is C12H6ClF3N2O2S. The zero-order valence-corrected chi connectivity index (χ0v) is 11.8. The van der Waals surface area contributed by atoms with Crippen LogP contribution in [0.4, 0.5) is 13.2 Å². The quantitative estimate of drug-likeness (QED) is 0.594. The van der Waals surface area contributed by atoms with Crippen molar-refractivity contribution in [2.75, 3.05) is 0 Å². The van der Waals surface area contributed by atoms with Crippen LogP contribution in [-0.4, -0.2) is 18.4 Å². The van der Waals surface area contributed by atoms with Crippen LogP contribution < -0.4 is 0 Å². The standard InChI is InChI=1S/C12H6ClF3N2O2S/c13-11-6-3-21(19,20)4-9(6)17-12(18-11)5-1-7(14)10(16)8(15)2-5/h1-2H,3-4H2. The lowest BCUT2D eigenvalue weighted by Crippen LogP contribution is -1.99. The minimum atomic E-state index is -3.35. The summed E-state index contributed by atoms with van der Waals surface area (Å²) in [5.74, 6) is -5.13. The molecule has 2 aromatic rings. The summed E-state index contributed by atoms with van der Waals surface area (Å²) in [6, 6.07) is 1.44. The summed E-state index contributed by atoms with van der Waals surface area (Å²) >= 11 is 5.89. The van der Waals surface area contributed by atoms with E-state index in [0.717, 1.165) is 12.1 Å². The van der Waals surface area contributed by atoms with Gasteiger partial charge in [0.05, 0.1) is 17.2 Å². The van der Waals surface area contributed by atoms with E-state index < -0.39 is 27.3 Å². The van der Waals surface area contributed by atoms with Gasteiger partial charge in [0, 0.05) is 11.1 Å². The summed E-state index contributed by atoms with van der Waals surface area (Å²) in [4.78, 5) is 7.79. The molecule has 0 spiro atoms. The van der Waals surface area contributed by atoms with Crippen LogP contribution in [0.2, 0.25) is 5.15 Å². The van der Waals surface area contributed by atoms with E-state index >= 15 is 0 Å². The lowest BCUT2D eigenvalue weighted by Gasteiger charge is -2.06. The lowest BCUT2D eigenvalue weighted by atomic mass is 10.1. The van der Waals surface area contributed by atoms with Crippen molar-refractivity contribution >= 4 is 21.4 Å². The Bertz CT molecular complexity index is 848. The SMILES string of the molecule is O=S1(=O)Cc2nc(-c3cc(F)c(F)c(F)c3)nc(Cl)c2C1. The number of fused-ring (bicyclic) bond motifs is 1. The third-order valence-corrected chi connectivity index (χ3v) is 4.76. The summed E-state index contributed by atoms with van der Waals surface area (Å²) < 4.78 is 62.5. The molecule has 21 heavy (non-hydrogen) atoms. The van der Waals surface area contributed by atoms with Crippen molar-refractivity contribution in [1.29, 1.82) is 0 Å². The first-order valence-electron chi connectivity index (χ1n) is 5.67. The average molecular weight is 335 g/mol. The van der Waals surface area contributed by atoms with Gasteiger partial charge in [-0.1, -0.05) is 11.6 Å². The fourth-order valence-electron chi connectivity index (χ4n) is 2.06. The molecule has 0 bridgehead atoms. The van der Waals surface area contributed by atoms with Gasteiger partial charge in [-0.2, -0.15) is 0 Å². The fraction of sp³-hybridized carbons (Fsp3) is 0.167. The van der Waals surface area contributed by atoms with Crippen molar-refractivity contribution in [2.45, 2.75) is 11.5 Å². The number of hydrogen-bond donors (Lipinski definition) is 0. The van der Waals surface area contributed by atoms with Crippen LogP contribution in [0.3, 0.4) is 0 Å². The Morgan fingerprint density at radius 3 is 2.29 bits per heavy atom. The molecule has 0 N–H and O–H groups in total. The van der Waals surface area contributed by atoms with Crippen molar-refractivity contribution in [3.05, 3.63) is 46.0 Å². The number of rotatable bonds is 1. The molecule has 1 aliphatic rings. The van der Waals surface area contributed by atoms with Crippen molar-refractivity contribution in [3.63, 3.8) is 0 Å². The van der Waals surface area contributed by atoms with Gasteiger partial charge in [0.1, 0.15) is 5.15 Å². The van der Waals surface area contributed by atoms with E-state index in [1.165, 1.54) is 0 Å². The topological polar surface area (TPSA) is 59.9 Å². The van der Waals surface area contributed by atoms with Crippen molar-refractivity contribution in [1.82, 2.24) is 9.97 Å². The van der Waals surface area contributed by atoms with Crippen LogP contribution in [0, 0.1) is 17.5 Å². The number of aromatic nitrogens is 2. The van der Waals surface area contributed by atoms with Gasteiger partial charge in [-0.3, -0.25) is 0 Å². The van der Waals surface area contributed by atoms with Crippen molar-refractivity contribution in [2.24, 2.45) is 0 Å². The first-order chi connectivity index (χ1) is 9.77. The number of halogens is 4. The third-order valence-electron chi connectivity index (χ3n) is 3.01. The molecule has 0 unspecified atom stereocenters. The molecule has 1 aromatic heterocycles. The molecule has 4 nitrogen and oxygen atoms in total. The Morgan fingerprint density at radius 1 is 1.05 bits per heavy atom. The summed E-state index contributed by atoms with van der Waals surface area (Å²) in [6.07, 6.45) is 0. The highest BCUT2D eigenvalue weighted by Gasteiger charge is 2.30. The van der Waals surface area contributed by atoms with Gasteiger partial charge in [-0.25, -0.2) is 31.6 Å². The van der Waals surface area contributed by atoms with Gasteiger partial charge in [0.2, 0.25) is 0 Å². The van der Waals surface area contributed by atoms with Gasteiger partial charge < -0.3 is 0 Å². The van der Waals surface area contributed by atoms with Crippen LogP contribution >= 0.6 is 11.6 Å². The molecule has 0 amide bonds. The number of hydrogen-bond acceptors (Lipinski definition) is 4. The highest BCUT2D eigenvalue weighted by atomic mass is 35.5. The van der Waals surface area contributed by atoms with Crippen LogP contribution in [0.15, 0.2) is 12.1 Å². The summed E-state index contributed by atoms with van der Waals surface area (Å²) in [5, 5.41) is -0.0961. The first-order valence-corrected chi connectivity index (χ1v) is 7.87. The van der Waals surface area contributed by atoms with Crippen LogP contribution in [0.25, 0.3) is 11.4 Å². The molecule has 0 atom stereocenters. The zero-order chi connectivity index (χ0) is 15.4. The molecular weight excluding hydrogens is 329 g/mol. The predicted molar refractivity (Wildman–Crippen MR) is 68.7 cm³/mol. The fourth-order valence-corrected chi connectivity index (χ4v) is 3.89. The van der Waals surface area contributed by atoms with Crippen molar-refractivity contribution < 1.29 is 21.6 Å². The molecule has 0 fully saturated rings. The van der Waals surface area contributed by atoms with Gasteiger partial charge in [-0.15, -0.1) is 0 Å². The molecule has 110 valence electrons. The highest BCUT2D eigenvalue weighted by Crippen LogP contribution is 2.31. The number of sulfone groups is 1. The van der Waals surface area contributed by atoms with E-state index in [4.69, 9.17) is 11.6 Å². The highest BCUT2D eigenvalue weighted by molar-refractivity contribution is 7.90. The molecule has 9 heteroatoms. The molecule has 2 heterocycles. The number of nitrogens with zero attached hydrogens (tertiary/aromatic N) is 2. The second kappa shape index (κ2) is 4.67. The maximum atomic E-state index is 13.2. The molecule has 1 aromatic carbocycles. The Balaban J connectivity index is 2.16. The minimum Gasteiger partial charge on any atom is -0.232 e. The molecule has 0 saturated heterocycles. The predicted octanol–water partition coefficient (Wildman–Crippen LogP) is 2.64. The smallest absolute Gasteiger partial charge is 0.194 e. The third kappa shape index (κ3) is 2.49. The lowest BCUT2D eigenvalue weighted by molar-refractivity contribution is 0.447. The summed E-state index contributed by atoms with van der Waals surface area (Å²) in [6.45, 7) is 0. The van der Waals surface area contributed by atoms with E-state index in [2.05, 4.69) is 9.97 Å².